The van der Waals surface area contributed by atoms with Crippen molar-refractivity contribution in [1.82, 2.24) is 4.90 Å². The predicted octanol–water partition coefficient (Wildman–Crippen LogP) is 8.42. The van der Waals surface area contributed by atoms with Crippen LogP contribution in [0.1, 0.15) is 76.5 Å². The van der Waals surface area contributed by atoms with Crippen molar-refractivity contribution in [2.24, 2.45) is 0 Å². The molecule has 0 spiro atoms. The molecule has 0 aliphatic heterocycles. The van der Waals surface area contributed by atoms with E-state index in [2.05, 4.69) is 54.2 Å². The van der Waals surface area contributed by atoms with Gasteiger partial charge in [0.2, 0.25) is 0 Å². The Morgan fingerprint density at radius 1 is 1.06 bits per heavy atom. The molecule has 1 fully saturated rings. The molecule has 0 saturated heterocycles. The highest BCUT2D eigenvalue weighted by Gasteiger charge is 2.36. The first-order chi connectivity index (χ1) is 16.3. The number of fused-ring (bicyclic) bond motifs is 1. The molecule has 3 aromatic carbocycles. The molecule has 3 atom stereocenters. The lowest BCUT2D eigenvalue weighted by Crippen LogP contribution is -2.46. The van der Waals surface area contributed by atoms with Gasteiger partial charge in [-0.15, -0.1) is 0 Å². The lowest BCUT2D eigenvalue weighted by atomic mass is 9.80. The minimum Gasteiger partial charge on any atom is -0.444 e. The minimum atomic E-state index is -0.564. The Balaban J connectivity index is 1.69. The Morgan fingerprint density at radius 3 is 2.56 bits per heavy atom. The van der Waals surface area contributed by atoms with Crippen molar-refractivity contribution in [2.75, 3.05) is 0 Å². The molecule has 0 unspecified atom stereocenters. The van der Waals surface area contributed by atoms with Crippen LogP contribution in [-0.2, 0) is 4.74 Å². The number of benzene rings is 3. The SMILES string of the molecule is [C-]#[N+]c1cccc([C@@H]2CCC[C@@H](N(C(=O)OC(C)(C)C)[C@H](C)c3cccc4ccccc34)C2)c1. The molecule has 34 heavy (non-hydrogen) atoms. The summed E-state index contributed by atoms with van der Waals surface area (Å²) in [6.45, 7) is 15.3. The number of hydrogen-bond acceptors (Lipinski definition) is 2. The van der Waals surface area contributed by atoms with E-state index in [0.717, 1.165) is 31.2 Å². The lowest BCUT2D eigenvalue weighted by Gasteiger charge is -2.42. The summed E-state index contributed by atoms with van der Waals surface area (Å²) in [7, 11) is 0. The van der Waals surface area contributed by atoms with Gasteiger partial charge in [-0.25, -0.2) is 9.64 Å². The third-order valence-corrected chi connectivity index (χ3v) is 6.81. The van der Waals surface area contributed by atoms with E-state index in [1.165, 1.54) is 16.3 Å². The summed E-state index contributed by atoms with van der Waals surface area (Å²) < 4.78 is 5.93. The van der Waals surface area contributed by atoms with E-state index < -0.39 is 5.60 Å². The van der Waals surface area contributed by atoms with Crippen LogP contribution >= 0.6 is 0 Å². The number of hydrogen-bond donors (Lipinski definition) is 0. The maximum absolute atomic E-state index is 13.6. The van der Waals surface area contributed by atoms with Crippen LogP contribution < -0.4 is 0 Å². The molecule has 0 bridgehead atoms. The van der Waals surface area contributed by atoms with Gasteiger partial charge in [0.15, 0.2) is 5.69 Å². The molecule has 0 aromatic heterocycles. The lowest BCUT2D eigenvalue weighted by molar-refractivity contribution is 0.000757. The van der Waals surface area contributed by atoms with Crippen molar-refractivity contribution >= 4 is 22.6 Å². The molecule has 0 heterocycles. The number of carbonyl (C=O) groups is 1. The Labute approximate surface area is 203 Å². The van der Waals surface area contributed by atoms with Crippen molar-refractivity contribution in [3.63, 3.8) is 0 Å². The van der Waals surface area contributed by atoms with Gasteiger partial charge in [-0.2, -0.15) is 0 Å². The van der Waals surface area contributed by atoms with E-state index in [1.54, 1.807) is 0 Å². The summed E-state index contributed by atoms with van der Waals surface area (Å²) in [5.41, 5.74) is 2.44. The summed E-state index contributed by atoms with van der Waals surface area (Å²) in [6.07, 6.45) is 3.68. The Kier molecular flexibility index (Phi) is 6.93. The zero-order valence-electron chi connectivity index (χ0n) is 20.6. The van der Waals surface area contributed by atoms with Crippen molar-refractivity contribution in [3.8, 4) is 0 Å². The van der Waals surface area contributed by atoms with Crippen LogP contribution in [0, 0.1) is 6.57 Å². The minimum absolute atomic E-state index is 0.0687. The molecule has 0 radical (unpaired) electrons. The van der Waals surface area contributed by atoms with Crippen LogP contribution in [0.3, 0.4) is 0 Å². The first-order valence-electron chi connectivity index (χ1n) is 12.2. The van der Waals surface area contributed by atoms with Crippen LogP contribution in [-0.4, -0.2) is 22.6 Å². The van der Waals surface area contributed by atoms with Gasteiger partial charge in [0.05, 0.1) is 12.6 Å². The van der Waals surface area contributed by atoms with E-state index in [-0.39, 0.29) is 18.2 Å². The number of ether oxygens (including phenoxy) is 1. The summed E-state index contributed by atoms with van der Waals surface area (Å²) >= 11 is 0. The van der Waals surface area contributed by atoms with Crippen LogP contribution in [0.2, 0.25) is 0 Å². The van der Waals surface area contributed by atoms with E-state index in [9.17, 15) is 4.79 Å². The van der Waals surface area contributed by atoms with Crippen LogP contribution in [0.25, 0.3) is 15.6 Å². The fourth-order valence-corrected chi connectivity index (χ4v) is 5.27. The zero-order valence-corrected chi connectivity index (χ0v) is 20.6. The molecular formula is C30H34N2O2. The van der Waals surface area contributed by atoms with E-state index >= 15 is 0 Å². The summed E-state index contributed by atoms with van der Waals surface area (Å²) in [4.78, 5) is 19.2. The fourth-order valence-electron chi connectivity index (χ4n) is 5.27. The van der Waals surface area contributed by atoms with Gasteiger partial charge < -0.3 is 4.74 Å². The van der Waals surface area contributed by atoms with Crippen molar-refractivity contribution < 1.29 is 9.53 Å². The average molecular weight is 455 g/mol. The van der Waals surface area contributed by atoms with Crippen molar-refractivity contribution in [2.45, 2.75) is 77.0 Å². The van der Waals surface area contributed by atoms with Crippen molar-refractivity contribution in [1.29, 1.82) is 0 Å². The van der Waals surface area contributed by atoms with E-state index in [1.807, 2.05) is 49.9 Å². The van der Waals surface area contributed by atoms with Crippen molar-refractivity contribution in [3.05, 3.63) is 89.3 Å². The monoisotopic (exact) mass is 454 g/mol. The third kappa shape index (κ3) is 5.25. The van der Waals surface area contributed by atoms with Crippen LogP contribution in [0.5, 0.6) is 0 Å². The van der Waals surface area contributed by atoms with Gasteiger partial charge in [-0.3, -0.25) is 4.90 Å². The van der Waals surface area contributed by atoms with Gasteiger partial charge in [0.1, 0.15) is 5.60 Å². The Hall–Kier alpha value is -3.32. The summed E-state index contributed by atoms with van der Waals surface area (Å²) in [5.74, 6) is 0.324. The number of carbonyl (C=O) groups excluding carboxylic acids is 1. The summed E-state index contributed by atoms with van der Waals surface area (Å²) in [5, 5.41) is 2.34. The second kappa shape index (κ2) is 9.89. The van der Waals surface area contributed by atoms with E-state index in [0.29, 0.717) is 11.6 Å². The largest absolute Gasteiger partial charge is 0.444 e. The average Bonchev–Trinajstić information content (AvgIpc) is 2.83. The van der Waals surface area contributed by atoms with Gasteiger partial charge in [-0.05, 0) is 69.2 Å². The third-order valence-electron chi connectivity index (χ3n) is 6.81. The first-order valence-corrected chi connectivity index (χ1v) is 12.2. The fraction of sp³-hybridized carbons (Fsp3) is 0.400. The van der Waals surface area contributed by atoms with Gasteiger partial charge in [0.25, 0.3) is 0 Å². The maximum atomic E-state index is 13.6. The molecule has 4 nitrogen and oxygen atoms in total. The van der Waals surface area contributed by atoms with Gasteiger partial charge in [0, 0.05) is 6.04 Å². The first kappa shape index (κ1) is 23.8. The quantitative estimate of drug-likeness (QED) is 0.371. The van der Waals surface area contributed by atoms with Gasteiger partial charge in [-0.1, -0.05) is 78.7 Å². The molecule has 0 N–H and O–H groups in total. The molecular weight excluding hydrogens is 420 g/mol. The molecule has 176 valence electrons. The molecule has 1 amide bonds. The molecule has 1 aliphatic rings. The predicted molar refractivity (Wildman–Crippen MR) is 138 cm³/mol. The molecule has 1 saturated carbocycles. The van der Waals surface area contributed by atoms with Crippen LogP contribution in [0.4, 0.5) is 10.5 Å². The smallest absolute Gasteiger partial charge is 0.411 e. The Bertz CT molecular complexity index is 1200. The summed E-state index contributed by atoms with van der Waals surface area (Å²) in [6, 6.07) is 22.6. The normalized spacial score (nSPS) is 19.3. The highest BCUT2D eigenvalue weighted by molar-refractivity contribution is 5.86. The highest BCUT2D eigenvalue weighted by atomic mass is 16.6. The number of rotatable bonds is 4. The number of nitrogens with zero attached hydrogens (tertiary/aromatic N) is 2. The molecule has 4 rings (SSSR count). The molecule has 4 heteroatoms. The Morgan fingerprint density at radius 2 is 1.79 bits per heavy atom. The second-order valence-electron chi connectivity index (χ2n) is 10.4. The number of amides is 1. The van der Waals surface area contributed by atoms with Crippen LogP contribution in [0.15, 0.2) is 66.7 Å². The highest BCUT2D eigenvalue weighted by Crippen LogP contribution is 2.40. The maximum Gasteiger partial charge on any atom is 0.411 e. The van der Waals surface area contributed by atoms with E-state index in [4.69, 9.17) is 11.3 Å². The second-order valence-corrected chi connectivity index (χ2v) is 10.4. The van der Waals surface area contributed by atoms with Gasteiger partial charge >= 0.3 is 6.09 Å². The topological polar surface area (TPSA) is 33.9 Å². The standard InChI is InChI=1S/C30H34N2O2/c1-21(27-18-10-12-22-11-6-7-17-28(22)27)32(29(33)34-30(2,3)4)26-16-9-14-24(20-26)23-13-8-15-25(19-23)31-5/h6-8,10-13,15,17-19,21,24,26H,9,14,16,20H2,1-4H3/t21-,24-,26-/m1/s1. The molecule has 3 aromatic rings. The molecule has 1 aliphatic carbocycles. The zero-order chi connectivity index (χ0) is 24.3.